The first-order valence-corrected chi connectivity index (χ1v) is 6.37. The van der Waals surface area contributed by atoms with E-state index in [1.54, 1.807) is 26.0 Å². The van der Waals surface area contributed by atoms with Gasteiger partial charge in [-0.05, 0) is 24.6 Å². The Bertz CT molecular complexity index is 429. The first-order chi connectivity index (χ1) is 9.06. The molecule has 0 aliphatic carbocycles. The van der Waals surface area contributed by atoms with E-state index in [1.165, 1.54) is 0 Å². The quantitative estimate of drug-likeness (QED) is 0.599. The summed E-state index contributed by atoms with van der Waals surface area (Å²) in [6, 6.07) is 6.54. The number of nitrogens with two attached hydrogens (primary N) is 1. The summed E-state index contributed by atoms with van der Waals surface area (Å²) in [4.78, 5) is 23.2. The van der Waals surface area contributed by atoms with Crippen LogP contribution in [0.4, 0.5) is 5.69 Å². The summed E-state index contributed by atoms with van der Waals surface area (Å²) >= 11 is 0. The number of benzene rings is 1. The molecule has 0 saturated heterocycles. The van der Waals surface area contributed by atoms with Gasteiger partial charge in [-0.2, -0.15) is 0 Å². The van der Waals surface area contributed by atoms with Gasteiger partial charge in [0.05, 0.1) is 6.61 Å². The second kappa shape index (κ2) is 7.41. The van der Waals surface area contributed by atoms with E-state index in [-0.39, 0.29) is 5.91 Å². The maximum Gasteiger partial charge on any atom is 0.328 e. The number of esters is 1. The van der Waals surface area contributed by atoms with E-state index in [2.05, 4.69) is 5.32 Å². The molecule has 0 aromatic heterocycles. The molecule has 0 aliphatic rings. The first-order valence-electron chi connectivity index (χ1n) is 6.37. The Morgan fingerprint density at radius 3 is 2.42 bits per heavy atom. The number of hydrogen-bond acceptors (Lipinski definition) is 4. The summed E-state index contributed by atoms with van der Waals surface area (Å²) in [5, 5.41) is 2.67. The van der Waals surface area contributed by atoms with E-state index < -0.39 is 12.0 Å². The lowest BCUT2D eigenvalue weighted by molar-refractivity contribution is -0.147. The average molecular weight is 264 g/mol. The van der Waals surface area contributed by atoms with Crippen LogP contribution in [-0.4, -0.2) is 24.5 Å². The molecular weight excluding hydrogens is 244 g/mol. The zero-order chi connectivity index (χ0) is 14.3. The van der Waals surface area contributed by atoms with E-state index >= 15 is 0 Å². The van der Waals surface area contributed by atoms with Gasteiger partial charge in [0.25, 0.3) is 0 Å². The summed E-state index contributed by atoms with van der Waals surface area (Å²) < 4.78 is 4.97. The molecule has 5 nitrogen and oxygen atoms in total. The molecule has 0 spiro atoms. The minimum absolute atomic E-state index is 0.173. The van der Waals surface area contributed by atoms with E-state index in [4.69, 9.17) is 10.5 Å². The summed E-state index contributed by atoms with van der Waals surface area (Å²) in [6.45, 7) is 3.76. The van der Waals surface area contributed by atoms with Crippen molar-refractivity contribution >= 4 is 17.6 Å². The van der Waals surface area contributed by atoms with Crippen LogP contribution in [0, 0.1) is 0 Å². The van der Waals surface area contributed by atoms with Crippen molar-refractivity contribution in [1.29, 1.82) is 0 Å². The molecule has 0 unspecified atom stereocenters. The molecule has 1 rings (SSSR count). The van der Waals surface area contributed by atoms with Gasteiger partial charge in [-0.25, -0.2) is 4.79 Å². The SMILES string of the molecule is CCOC(=O)[C@@H](Cc1ccc(N)cc1)NC(=O)CC. The molecule has 0 fully saturated rings. The maximum atomic E-state index is 11.8. The van der Waals surface area contributed by atoms with Crippen molar-refractivity contribution in [1.82, 2.24) is 5.32 Å². The van der Waals surface area contributed by atoms with Crippen molar-refractivity contribution < 1.29 is 14.3 Å². The van der Waals surface area contributed by atoms with E-state index in [9.17, 15) is 9.59 Å². The number of amides is 1. The predicted octanol–water partition coefficient (Wildman–Crippen LogP) is 1.27. The monoisotopic (exact) mass is 264 g/mol. The van der Waals surface area contributed by atoms with Crippen LogP contribution in [0.1, 0.15) is 25.8 Å². The van der Waals surface area contributed by atoms with Crippen LogP contribution in [-0.2, 0) is 20.7 Å². The highest BCUT2D eigenvalue weighted by Gasteiger charge is 2.21. The molecule has 1 atom stereocenters. The van der Waals surface area contributed by atoms with E-state index in [0.29, 0.717) is 25.1 Å². The number of hydrogen-bond donors (Lipinski definition) is 2. The number of ether oxygens (including phenoxy) is 1. The van der Waals surface area contributed by atoms with Crippen LogP contribution >= 0.6 is 0 Å². The molecule has 0 aliphatic heterocycles. The summed E-state index contributed by atoms with van der Waals surface area (Å²) in [6.07, 6.45) is 0.725. The highest BCUT2D eigenvalue weighted by molar-refractivity contribution is 5.84. The molecule has 1 aromatic rings. The van der Waals surface area contributed by atoms with Crippen molar-refractivity contribution in [3.05, 3.63) is 29.8 Å². The van der Waals surface area contributed by atoms with Crippen molar-refractivity contribution in [3.63, 3.8) is 0 Å². The second-order valence-electron chi connectivity index (χ2n) is 4.17. The molecule has 104 valence electrons. The normalized spacial score (nSPS) is 11.7. The van der Waals surface area contributed by atoms with Gasteiger partial charge in [0, 0.05) is 18.5 Å². The lowest BCUT2D eigenvalue weighted by Gasteiger charge is -2.17. The van der Waals surface area contributed by atoms with Gasteiger partial charge < -0.3 is 15.8 Å². The number of carbonyl (C=O) groups excluding carboxylic acids is 2. The van der Waals surface area contributed by atoms with Crippen LogP contribution in [0.3, 0.4) is 0 Å². The minimum atomic E-state index is -0.656. The third-order valence-electron chi connectivity index (χ3n) is 2.65. The van der Waals surface area contributed by atoms with Crippen LogP contribution in [0.5, 0.6) is 0 Å². The van der Waals surface area contributed by atoms with E-state index in [0.717, 1.165) is 5.56 Å². The van der Waals surface area contributed by atoms with Crippen molar-refractivity contribution in [2.45, 2.75) is 32.7 Å². The van der Waals surface area contributed by atoms with Crippen LogP contribution in [0.2, 0.25) is 0 Å². The summed E-state index contributed by atoms with van der Waals surface area (Å²) in [5.74, 6) is -0.588. The van der Waals surface area contributed by atoms with Crippen LogP contribution < -0.4 is 11.1 Å². The smallest absolute Gasteiger partial charge is 0.328 e. The number of nitrogens with one attached hydrogen (secondary N) is 1. The maximum absolute atomic E-state index is 11.8. The molecule has 0 radical (unpaired) electrons. The van der Waals surface area contributed by atoms with Crippen LogP contribution in [0.25, 0.3) is 0 Å². The Balaban J connectivity index is 2.75. The van der Waals surface area contributed by atoms with Gasteiger partial charge in [-0.1, -0.05) is 19.1 Å². The molecule has 1 amide bonds. The Kier molecular flexibility index (Phi) is 5.85. The Morgan fingerprint density at radius 1 is 1.26 bits per heavy atom. The fourth-order valence-corrected chi connectivity index (χ4v) is 1.62. The fourth-order valence-electron chi connectivity index (χ4n) is 1.62. The zero-order valence-electron chi connectivity index (χ0n) is 11.3. The molecular formula is C14H20N2O3. The van der Waals surface area contributed by atoms with Gasteiger partial charge in [-0.3, -0.25) is 4.79 Å². The molecule has 1 aromatic carbocycles. The molecule has 19 heavy (non-hydrogen) atoms. The lowest BCUT2D eigenvalue weighted by Crippen LogP contribution is -2.43. The minimum Gasteiger partial charge on any atom is -0.464 e. The number of carbonyl (C=O) groups is 2. The predicted molar refractivity (Wildman–Crippen MR) is 73.4 cm³/mol. The Labute approximate surface area is 113 Å². The van der Waals surface area contributed by atoms with Gasteiger partial charge in [0.2, 0.25) is 5.91 Å². The Morgan fingerprint density at radius 2 is 1.89 bits per heavy atom. The van der Waals surface area contributed by atoms with Gasteiger partial charge in [-0.15, -0.1) is 0 Å². The Hall–Kier alpha value is -2.04. The number of nitrogen functional groups attached to an aromatic ring is 1. The van der Waals surface area contributed by atoms with Crippen molar-refractivity contribution in [2.24, 2.45) is 0 Å². The molecule has 0 saturated carbocycles. The number of anilines is 1. The summed E-state index contributed by atoms with van der Waals surface area (Å²) in [5.41, 5.74) is 7.19. The standard InChI is InChI=1S/C14H20N2O3/c1-3-13(17)16-12(14(18)19-4-2)9-10-5-7-11(15)8-6-10/h5-8,12H,3-4,9,15H2,1-2H3,(H,16,17)/t12-/m1/s1. The second-order valence-corrected chi connectivity index (χ2v) is 4.17. The average Bonchev–Trinajstić information content (AvgIpc) is 2.40. The van der Waals surface area contributed by atoms with Crippen molar-refractivity contribution in [2.75, 3.05) is 12.3 Å². The van der Waals surface area contributed by atoms with Crippen LogP contribution in [0.15, 0.2) is 24.3 Å². The van der Waals surface area contributed by atoms with E-state index in [1.807, 2.05) is 12.1 Å². The van der Waals surface area contributed by atoms with Gasteiger partial charge in [0.1, 0.15) is 6.04 Å². The molecule has 5 heteroatoms. The molecule has 3 N–H and O–H groups in total. The fraction of sp³-hybridized carbons (Fsp3) is 0.429. The summed E-state index contributed by atoms with van der Waals surface area (Å²) in [7, 11) is 0. The third-order valence-corrected chi connectivity index (χ3v) is 2.65. The largest absolute Gasteiger partial charge is 0.464 e. The molecule has 0 heterocycles. The number of rotatable bonds is 6. The van der Waals surface area contributed by atoms with Gasteiger partial charge in [0.15, 0.2) is 0 Å². The van der Waals surface area contributed by atoms with Crippen molar-refractivity contribution in [3.8, 4) is 0 Å². The highest BCUT2D eigenvalue weighted by atomic mass is 16.5. The zero-order valence-corrected chi connectivity index (χ0v) is 11.3. The third kappa shape index (κ3) is 4.99. The highest BCUT2D eigenvalue weighted by Crippen LogP contribution is 2.09. The molecule has 0 bridgehead atoms. The van der Waals surface area contributed by atoms with Gasteiger partial charge >= 0.3 is 5.97 Å². The lowest BCUT2D eigenvalue weighted by atomic mass is 10.1. The first kappa shape index (κ1) is 15.0. The topological polar surface area (TPSA) is 81.4 Å².